The summed E-state index contributed by atoms with van der Waals surface area (Å²) in [6.07, 6.45) is 2.56. The summed E-state index contributed by atoms with van der Waals surface area (Å²) in [6, 6.07) is 11.0. The predicted octanol–water partition coefficient (Wildman–Crippen LogP) is 4.91. The lowest BCUT2D eigenvalue weighted by Crippen LogP contribution is -2.25. The zero-order valence-corrected chi connectivity index (χ0v) is 18.4. The monoisotopic (exact) mass is 437 g/mol. The first-order valence-electron chi connectivity index (χ1n) is 10.4. The van der Waals surface area contributed by atoms with Gasteiger partial charge in [0.2, 0.25) is 11.9 Å². The largest absolute Gasteiger partial charge is 0.341 e. The number of Topliss-reactive ketones (excluding diaryl/α,β-unsaturated/α-hetero) is 1. The SMILES string of the molecule is CCC(=O)N(C)Cc1ccc(-c2ccc(C(=O)CCc3ccc(F)nc3C)cn2)cc1F. The minimum absolute atomic E-state index is 0.0544. The number of amides is 1. The summed E-state index contributed by atoms with van der Waals surface area (Å²) in [7, 11) is 1.64. The second-order valence-electron chi connectivity index (χ2n) is 7.64. The van der Waals surface area contributed by atoms with Crippen LogP contribution in [0.3, 0.4) is 0 Å². The van der Waals surface area contributed by atoms with E-state index in [1.54, 1.807) is 51.2 Å². The molecule has 0 aliphatic carbocycles. The third-order valence-electron chi connectivity index (χ3n) is 5.35. The first-order valence-corrected chi connectivity index (χ1v) is 10.4. The molecule has 0 saturated heterocycles. The molecule has 7 heteroatoms. The van der Waals surface area contributed by atoms with Crippen LogP contribution in [-0.4, -0.2) is 33.6 Å². The van der Waals surface area contributed by atoms with Crippen molar-refractivity contribution < 1.29 is 18.4 Å². The van der Waals surface area contributed by atoms with Gasteiger partial charge in [-0.25, -0.2) is 9.37 Å². The number of pyridine rings is 2. The number of benzene rings is 1. The van der Waals surface area contributed by atoms with Crippen LogP contribution in [0, 0.1) is 18.7 Å². The molecule has 0 bridgehead atoms. The minimum Gasteiger partial charge on any atom is -0.341 e. The third kappa shape index (κ3) is 5.60. The first kappa shape index (κ1) is 23.2. The number of aryl methyl sites for hydroxylation is 2. The van der Waals surface area contributed by atoms with Crippen LogP contribution in [0.4, 0.5) is 8.78 Å². The van der Waals surface area contributed by atoms with Crippen molar-refractivity contribution in [3.63, 3.8) is 0 Å². The van der Waals surface area contributed by atoms with Crippen molar-refractivity contribution in [2.45, 2.75) is 39.7 Å². The van der Waals surface area contributed by atoms with Gasteiger partial charge in [-0.15, -0.1) is 0 Å². The average Bonchev–Trinajstić information content (AvgIpc) is 2.79. The van der Waals surface area contributed by atoms with Gasteiger partial charge in [-0.2, -0.15) is 4.39 Å². The van der Waals surface area contributed by atoms with Crippen LogP contribution >= 0.6 is 0 Å². The summed E-state index contributed by atoms with van der Waals surface area (Å²) < 4.78 is 27.7. The van der Waals surface area contributed by atoms with Gasteiger partial charge in [-0.3, -0.25) is 14.6 Å². The maximum Gasteiger partial charge on any atom is 0.222 e. The van der Waals surface area contributed by atoms with Crippen molar-refractivity contribution in [1.82, 2.24) is 14.9 Å². The Morgan fingerprint density at radius 1 is 1.03 bits per heavy atom. The van der Waals surface area contributed by atoms with Gasteiger partial charge in [-0.1, -0.05) is 25.1 Å². The normalized spacial score (nSPS) is 10.8. The molecule has 0 fully saturated rings. The molecule has 0 atom stereocenters. The van der Waals surface area contributed by atoms with Crippen molar-refractivity contribution >= 4 is 11.7 Å². The molecular formula is C25H25F2N3O2. The highest BCUT2D eigenvalue weighted by molar-refractivity contribution is 5.96. The number of nitrogens with zero attached hydrogens (tertiary/aromatic N) is 3. The van der Waals surface area contributed by atoms with Gasteiger partial charge in [-0.05, 0) is 43.2 Å². The van der Waals surface area contributed by atoms with E-state index in [1.165, 1.54) is 23.2 Å². The number of carbonyl (C=O) groups excluding carboxylic acids is 2. The van der Waals surface area contributed by atoms with E-state index in [0.29, 0.717) is 40.9 Å². The molecule has 0 aliphatic rings. The van der Waals surface area contributed by atoms with Crippen molar-refractivity contribution in [2.24, 2.45) is 0 Å². The van der Waals surface area contributed by atoms with Gasteiger partial charge in [0.15, 0.2) is 5.78 Å². The Morgan fingerprint density at radius 3 is 2.41 bits per heavy atom. The van der Waals surface area contributed by atoms with Crippen LogP contribution < -0.4 is 0 Å². The van der Waals surface area contributed by atoms with E-state index in [1.807, 2.05) is 0 Å². The van der Waals surface area contributed by atoms with E-state index >= 15 is 0 Å². The van der Waals surface area contributed by atoms with E-state index < -0.39 is 11.8 Å². The molecule has 0 N–H and O–H groups in total. The Bertz CT molecular complexity index is 1130. The second kappa shape index (κ2) is 10.2. The molecule has 0 radical (unpaired) electrons. The summed E-state index contributed by atoms with van der Waals surface area (Å²) in [5.74, 6) is -1.09. The summed E-state index contributed by atoms with van der Waals surface area (Å²) >= 11 is 0. The molecule has 0 saturated carbocycles. The Hall–Kier alpha value is -3.48. The van der Waals surface area contributed by atoms with E-state index in [0.717, 1.165) is 5.56 Å². The van der Waals surface area contributed by atoms with Gasteiger partial charge in [0.25, 0.3) is 0 Å². The fourth-order valence-electron chi connectivity index (χ4n) is 3.39. The van der Waals surface area contributed by atoms with Crippen LogP contribution in [0.15, 0.2) is 48.7 Å². The Kier molecular flexibility index (Phi) is 7.41. The first-order chi connectivity index (χ1) is 15.3. The molecule has 0 unspecified atom stereocenters. The van der Waals surface area contributed by atoms with E-state index in [4.69, 9.17) is 0 Å². The maximum atomic E-state index is 14.5. The van der Waals surface area contributed by atoms with Crippen molar-refractivity contribution in [2.75, 3.05) is 7.05 Å². The quantitative estimate of drug-likeness (QED) is 0.371. The summed E-state index contributed by atoms with van der Waals surface area (Å²) in [6.45, 7) is 3.67. The molecule has 0 spiro atoms. The Labute approximate surface area is 186 Å². The zero-order valence-electron chi connectivity index (χ0n) is 18.4. The summed E-state index contributed by atoms with van der Waals surface area (Å²) in [5.41, 5.74) is 3.41. The maximum absolute atomic E-state index is 14.5. The molecule has 3 aromatic rings. The standard InChI is InChI=1S/C25H25F2N3O2/c1-4-25(32)30(3)15-20-6-5-18(13-21(20)26)22-10-7-19(14-28-22)23(31)11-8-17-9-12-24(27)29-16(17)2/h5-7,9-10,12-14H,4,8,11,15H2,1-3H3. The number of hydrogen-bond donors (Lipinski definition) is 0. The molecule has 166 valence electrons. The molecule has 5 nitrogen and oxygen atoms in total. The van der Waals surface area contributed by atoms with Gasteiger partial charge in [0.05, 0.1) is 5.69 Å². The Morgan fingerprint density at radius 2 is 1.78 bits per heavy atom. The van der Waals surface area contributed by atoms with Gasteiger partial charge in [0, 0.05) is 55.0 Å². The number of rotatable bonds is 8. The number of hydrogen-bond acceptors (Lipinski definition) is 4. The lowest BCUT2D eigenvalue weighted by molar-refractivity contribution is -0.130. The van der Waals surface area contributed by atoms with E-state index in [-0.39, 0.29) is 24.7 Å². The third-order valence-corrected chi connectivity index (χ3v) is 5.35. The second-order valence-corrected chi connectivity index (χ2v) is 7.64. The van der Waals surface area contributed by atoms with E-state index in [9.17, 15) is 18.4 Å². The van der Waals surface area contributed by atoms with Crippen LogP contribution in [0.5, 0.6) is 0 Å². The molecule has 0 aliphatic heterocycles. The van der Waals surface area contributed by atoms with Gasteiger partial charge < -0.3 is 4.90 Å². The number of ketones is 1. The lowest BCUT2D eigenvalue weighted by Gasteiger charge is -2.17. The van der Waals surface area contributed by atoms with E-state index in [2.05, 4.69) is 9.97 Å². The molecular weight excluding hydrogens is 412 g/mol. The predicted molar refractivity (Wildman–Crippen MR) is 118 cm³/mol. The average molecular weight is 437 g/mol. The van der Waals surface area contributed by atoms with Gasteiger partial charge >= 0.3 is 0 Å². The highest BCUT2D eigenvalue weighted by Gasteiger charge is 2.13. The molecule has 3 rings (SSSR count). The highest BCUT2D eigenvalue weighted by Crippen LogP contribution is 2.22. The molecule has 2 aromatic heterocycles. The lowest BCUT2D eigenvalue weighted by atomic mass is 10.0. The Balaban J connectivity index is 1.66. The van der Waals surface area contributed by atoms with Crippen LogP contribution in [0.25, 0.3) is 11.3 Å². The molecule has 2 heterocycles. The van der Waals surface area contributed by atoms with Gasteiger partial charge in [0.1, 0.15) is 5.82 Å². The minimum atomic E-state index is -0.539. The zero-order chi connectivity index (χ0) is 23.3. The topological polar surface area (TPSA) is 63.2 Å². The fourth-order valence-corrected chi connectivity index (χ4v) is 3.39. The number of carbonyl (C=O) groups is 2. The van der Waals surface area contributed by atoms with Crippen LogP contribution in [-0.2, 0) is 17.8 Å². The van der Waals surface area contributed by atoms with Crippen molar-refractivity contribution in [3.05, 3.63) is 82.8 Å². The molecule has 1 aromatic carbocycles. The van der Waals surface area contributed by atoms with Crippen molar-refractivity contribution in [1.29, 1.82) is 0 Å². The van der Waals surface area contributed by atoms with Crippen LogP contribution in [0.1, 0.15) is 46.9 Å². The molecule has 32 heavy (non-hydrogen) atoms. The number of halogens is 2. The van der Waals surface area contributed by atoms with Crippen LogP contribution in [0.2, 0.25) is 0 Å². The summed E-state index contributed by atoms with van der Waals surface area (Å²) in [4.78, 5) is 33.8. The fraction of sp³-hybridized carbons (Fsp3) is 0.280. The summed E-state index contributed by atoms with van der Waals surface area (Å²) in [5, 5.41) is 0. The van der Waals surface area contributed by atoms with Crippen molar-refractivity contribution in [3.8, 4) is 11.3 Å². The smallest absolute Gasteiger partial charge is 0.222 e. The highest BCUT2D eigenvalue weighted by atomic mass is 19.1. The number of aromatic nitrogens is 2. The molecule has 1 amide bonds.